The zero-order chi connectivity index (χ0) is 19.3. The van der Waals surface area contributed by atoms with Crippen LogP contribution in [-0.2, 0) is 6.61 Å². The van der Waals surface area contributed by atoms with Crippen molar-refractivity contribution in [1.82, 2.24) is 19.9 Å². The van der Waals surface area contributed by atoms with Crippen LogP contribution >= 0.6 is 23.4 Å². The van der Waals surface area contributed by atoms with Crippen molar-refractivity contribution in [3.8, 4) is 5.75 Å². The fourth-order valence-electron chi connectivity index (χ4n) is 2.60. The van der Waals surface area contributed by atoms with Gasteiger partial charge in [-0.3, -0.25) is 0 Å². The molecule has 1 N–H and O–H groups in total. The van der Waals surface area contributed by atoms with Crippen molar-refractivity contribution >= 4 is 45.9 Å². The quantitative estimate of drug-likeness (QED) is 0.350. The molecule has 0 bridgehead atoms. The van der Waals surface area contributed by atoms with Crippen LogP contribution in [0.2, 0.25) is 5.02 Å². The van der Waals surface area contributed by atoms with Gasteiger partial charge in [-0.25, -0.2) is 19.9 Å². The monoisotopic (exact) mass is 409 g/mol. The second kappa shape index (κ2) is 8.41. The van der Waals surface area contributed by atoms with Gasteiger partial charge in [-0.1, -0.05) is 53.7 Å². The third kappa shape index (κ3) is 4.16. The van der Waals surface area contributed by atoms with Gasteiger partial charge in [0, 0.05) is 5.69 Å². The number of halogens is 1. The van der Waals surface area contributed by atoms with Crippen LogP contribution in [0.3, 0.4) is 0 Å². The summed E-state index contributed by atoms with van der Waals surface area (Å²) >= 11 is 7.86. The van der Waals surface area contributed by atoms with E-state index < -0.39 is 0 Å². The summed E-state index contributed by atoms with van der Waals surface area (Å²) < 4.78 is 5.82. The molecular formula is C20H16ClN5OS. The Morgan fingerprint density at radius 2 is 1.93 bits per heavy atom. The normalized spacial score (nSPS) is 10.8. The lowest BCUT2D eigenvalue weighted by atomic mass is 10.2. The lowest BCUT2D eigenvalue weighted by Crippen LogP contribution is -2.00. The average Bonchev–Trinajstić information content (AvgIpc) is 2.74. The number of hydrogen-bond donors (Lipinski definition) is 1. The largest absolute Gasteiger partial charge is 0.487 e. The van der Waals surface area contributed by atoms with E-state index in [0.717, 1.165) is 11.3 Å². The average molecular weight is 410 g/mol. The second-order valence-electron chi connectivity index (χ2n) is 5.86. The number of ether oxygens (including phenoxy) is 1. The molecule has 0 radical (unpaired) electrons. The topological polar surface area (TPSA) is 72.8 Å². The Balaban J connectivity index is 1.54. The lowest BCUT2D eigenvalue weighted by Gasteiger charge is -2.11. The SMILES string of the molecule is CSc1ncc2ncnc(Nc3ccc(OCc4ccccc4)c(Cl)c3)c2n1. The Morgan fingerprint density at radius 1 is 1.07 bits per heavy atom. The van der Waals surface area contributed by atoms with E-state index in [1.165, 1.54) is 18.1 Å². The van der Waals surface area contributed by atoms with Crippen molar-refractivity contribution in [3.63, 3.8) is 0 Å². The molecule has 4 rings (SSSR count). The van der Waals surface area contributed by atoms with E-state index in [-0.39, 0.29) is 0 Å². The van der Waals surface area contributed by atoms with Crippen molar-refractivity contribution in [2.24, 2.45) is 0 Å². The number of hydrogen-bond acceptors (Lipinski definition) is 7. The Labute approximate surface area is 171 Å². The summed E-state index contributed by atoms with van der Waals surface area (Å²) in [5, 5.41) is 4.42. The first kappa shape index (κ1) is 18.5. The highest BCUT2D eigenvalue weighted by atomic mass is 35.5. The zero-order valence-corrected chi connectivity index (χ0v) is 16.5. The third-order valence-electron chi connectivity index (χ3n) is 3.97. The smallest absolute Gasteiger partial charge is 0.188 e. The number of benzene rings is 2. The molecule has 0 amide bonds. The van der Waals surface area contributed by atoms with E-state index in [1.807, 2.05) is 48.7 Å². The van der Waals surface area contributed by atoms with Gasteiger partial charge in [0.2, 0.25) is 0 Å². The summed E-state index contributed by atoms with van der Waals surface area (Å²) in [6.07, 6.45) is 5.09. The highest BCUT2D eigenvalue weighted by Gasteiger charge is 2.09. The van der Waals surface area contributed by atoms with Crippen LogP contribution in [0, 0.1) is 0 Å². The molecule has 0 saturated carbocycles. The molecule has 0 aliphatic heterocycles. The van der Waals surface area contributed by atoms with Crippen LogP contribution in [0.1, 0.15) is 5.56 Å². The third-order valence-corrected chi connectivity index (χ3v) is 4.83. The molecule has 0 aliphatic rings. The van der Waals surface area contributed by atoms with E-state index in [0.29, 0.717) is 39.4 Å². The second-order valence-corrected chi connectivity index (χ2v) is 7.04. The predicted octanol–water partition coefficient (Wildman–Crippen LogP) is 5.12. The molecule has 0 atom stereocenters. The summed E-state index contributed by atoms with van der Waals surface area (Å²) in [5.41, 5.74) is 3.19. The molecule has 2 aromatic carbocycles. The number of fused-ring (bicyclic) bond motifs is 1. The van der Waals surface area contributed by atoms with Gasteiger partial charge in [-0.05, 0) is 30.0 Å². The van der Waals surface area contributed by atoms with Gasteiger partial charge >= 0.3 is 0 Å². The van der Waals surface area contributed by atoms with Gasteiger partial charge in [-0.15, -0.1) is 0 Å². The summed E-state index contributed by atoms with van der Waals surface area (Å²) in [7, 11) is 0. The van der Waals surface area contributed by atoms with Crippen molar-refractivity contribution < 1.29 is 4.74 Å². The highest BCUT2D eigenvalue weighted by Crippen LogP contribution is 2.30. The summed E-state index contributed by atoms with van der Waals surface area (Å²) in [5.74, 6) is 1.22. The minimum atomic E-state index is 0.457. The van der Waals surface area contributed by atoms with Crippen LogP contribution in [-0.4, -0.2) is 26.2 Å². The minimum absolute atomic E-state index is 0.457. The molecule has 0 saturated heterocycles. The number of rotatable bonds is 6. The maximum Gasteiger partial charge on any atom is 0.188 e. The molecule has 140 valence electrons. The van der Waals surface area contributed by atoms with Gasteiger partial charge < -0.3 is 10.1 Å². The van der Waals surface area contributed by atoms with E-state index in [1.54, 1.807) is 12.3 Å². The number of nitrogens with zero attached hydrogens (tertiary/aromatic N) is 4. The van der Waals surface area contributed by atoms with Crippen molar-refractivity contribution in [3.05, 3.63) is 71.6 Å². The van der Waals surface area contributed by atoms with E-state index in [4.69, 9.17) is 16.3 Å². The maximum absolute atomic E-state index is 6.40. The molecule has 2 heterocycles. The Kier molecular flexibility index (Phi) is 5.55. The molecule has 0 spiro atoms. The molecule has 8 heteroatoms. The van der Waals surface area contributed by atoms with Crippen LogP contribution in [0.4, 0.5) is 11.5 Å². The first-order valence-corrected chi connectivity index (χ1v) is 10.1. The maximum atomic E-state index is 6.40. The Bertz CT molecular complexity index is 1110. The molecule has 0 fully saturated rings. The molecule has 4 aromatic rings. The van der Waals surface area contributed by atoms with Gasteiger partial charge in [0.25, 0.3) is 0 Å². The van der Waals surface area contributed by atoms with Gasteiger partial charge in [0.1, 0.15) is 29.7 Å². The van der Waals surface area contributed by atoms with Gasteiger partial charge in [0.15, 0.2) is 11.0 Å². The molecule has 2 aromatic heterocycles. The number of aromatic nitrogens is 4. The highest BCUT2D eigenvalue weighted by molar-refractivity contribution is 7.98. The number of nitrogens with one attached hydrogen (secondary N) is 1. The van der Waals surface area contributed by atoms with Crippen LogP contribution in [0.15, 0.2) is 66.2 Å². The summed E-state index contributed by atoms with van der Waals surface area (Å²) in [6, 6.07) is 15.5. The fourth-order valence-corrected chi connectivity index (χ4v) is 3.17. The van der Waals surface area contributed by atoms with Crippen LogP contribution in [0.25, 0.3) is 11.0 Å². The van der Waals surface area contributed by atoms with Crippen molar-refractivity contribution in [1.29, 1.82) is 0 Å². The van der Waals surface area contributed by atoms with Crippen LogP contribution < -0.4 is 10.1 Å². The molecule has 28 heavy (non-hydrogen) atoms. The minimum Gasteiger partial charge on any atom is -0.487 e. The van der Waals surface area contributed by atoms with E-state index >= 15 is 0 Å². The molecular weight excluding hydrogens is 394 g/mol. The number of anilines is 2. The standard InChI is InChI=1S/C20H16ClN5OS/c1-28-20-22-10-16-18(26-20)19(24-12-23-16)25-14-7-8-17(15(21)9-14)27-11-13-5-3-2-4-6-13/h2-10,12H,11H2,1H3,(H,23,24,25). The summed E-state index contributed by atoms with van der Waals surface area (Å²) in [4.78, 5) is 17.3. The first-order chi connectivity index (χ1) is 13.7. The number of thioether (sulfide) groups is 1. The lowest BCUT2D eigenvalue weighted by molar-refractivity contribution is 0.306. The molecule has 0 unspecified atom stereocenters. The van der Waals surface area contributed by atoms with Crippen molar-refractivity contribution in [2.45, 2.75) is 11.8 Å². The molecule has 0 aliphatic carbocycles. The van der Waals surface area contributed by atoms with E-state index in [2.05, 4.69) is 25.3 Å². The Hall–Kier alpha value is -2.90. The first-order valence-electron chi connectivity index (χ1n) is 8.48. The predicted molar refractivity (Wildman–Crippen MR) is 112 cm³/mol. The fraction of sp³-hybridized carbons (Fsp3) is 0.100. The molecule has 6 nitrogen and oxygen atoms in total. The zero-order valence-electron chi connectivity index (χ0n) is 15.0. The van der Waals surface area contributed by atoms with Gasteiger partial charge in [0.05, 0.1) is 11.2 Å². The Morgan fingerprint density at radius 3 is 2.71 bits per heavy atom. The van der Waals surface area contributed by atoms with Gasteiger partial charge in [-0.2, -0.15) is 0 Å². The summed E-state index contributed by atoms with van der Waals surface area (Å²) in [6.45, 7) is 0.457. The van der Waals surface area contributed by atoms with E-state index in [9.17, 15) is 0 Å². The van der Waals surface area contributed by atoms with Crippen molar-refractivity contribution in [2.75, 3.05) is 11.6 Å². The van der Waals surface area contributed by atoms with Crippen LogP contribution in [0.5, 0.6) is 5.75 Å².